The van der Waals surface area contributed by atoms with E-state index in [4.69, 9.17) is 29.9 Å². The summed E-state index contributed by atoms with van der Waals surface area (Å²) in [7, 11) is -36.2. The number of nitrogens with zero attached hydrogens (tertiary/aromatic N) is 16. The van der Waals surface area contributed by atoms with Crippen LogP contribution >= 0.6 is 0 Å². The Kier molecular flexibility index (Phi) is 24.7. The molecule has 0 N–H and O–H groups in total. The van der Waals surface area contributed by atoms with Crippen LogP contribution in [0.2, 0.25) is 0 Å². The van der Waals surface area contributed by atoms with Crippen molar-refractivity contribution in [3.05, 3.63) is 158 Å². The van der Waals surface area contributed by atoms with E-state index in [1.807, 2.05) is 12.1 Å². The van der Waals surface area contributed by atoms with E-state index in [0.717, 1.165) is 0 Å². The van der Waals surface area contributed by atoms with Crippen molar-refractivity contribution in [2.75, 3.05) is 0 Å². The van der Waals surface area contributed by atoms with Crippen molar-refractivity contribution < 1.29 is 247 Å². The third-order valence-corrected chi connectivity index (χ3v) is 22.6. The molecule has 16 bridgehead atoms. The van der Waals surface area contributed by atoms with Gasteiger partial charge < -0.3 is 87.1 Å². The molecule has 3 radical (unpaired) electrons. The molecule has 34 nitrogen and oxygen atoms in total. The van der Waals surface area contributed by atoms with Crippen LogP contribution in [0, 0.1) is 0 Å². The van der Waals surface area contributed by atoms with Crippen molar-refractivity contribution in [3.63, 3.8) is 0 Å². The first-order valence-corrected chi connectivity index (χ1v) is 37.9. The van der Waals surface area contributed by atoms with Crippen molar-refractivity contribution in [2.24, 2.45) is 0 Å². The Morgan fingerprint density at radius 2 is 0.387 bits per heavy atom. The molecule has 0 saturated carbocycles. The summed E-state index contributed by atoms with van der Waals surface area (Å²) in [6, 6.07) is 41.9. The summed E-state index contributed by atoms with van der Waals surface area (Å²) < 4.78 is 226. The van der Waals surface area contributed by atoms with E-state index >= 15 is 0 Å². The largest absolute Gasteiger partial charge is 2.00 e. The minimum absolute atomic E-state index is 0. The fourth-order valence-corrected chi connectivity index (χ4v) is 19.1. The van der Waals surface area contributed by atoms with Crippen molar-refractivity contribution in [1.29, 1.82) is 0 Å². The Bertz CT molecular complexity index is 7070. The van der Waals surface area contributed by atoms with Crippen LogP contribution < -0.4 is 138 Å². The molecule has 10 heterocycles. The molecule has 0 atom stereocenters. The number of fused-ring (bicyclic) bond motifs is 40. The van der Waals surface area contributed by atoms with Crippen LogP contribution in [0.4, 0.5) is 0 Å². The second kappa shape index (κ2) is 31.6. The number of benzene rings is 8. The monoisotopic (exact) mass is 1780 g/mol. The normalized spacial score (nSPS) is 12.2. The van der Waals surface area contributed by atoms with Gasteiger partial charge in [-0.15, -0.1) is 0 Å². The van der Waals surface area contributed by atoms with Gasteiger partial charge in [-0.25, -0.2) is 70.4 Å². The summed E-state index contributed by atoms with van der Waals surface area (Å²) in [4.78, 5) is 61.5. The average molecular weight is 1780 g/mol. The van der Waals surface area contributed by atoms with E-state index in [1.54, 1.807) is 133 Å². The number of hydrogen-bond acceptors (Lipinski definition) is 30. The van der Waals surface area contributed by atoms with Crippen LogP contribution in [0.3, 0.4) is 0 Å². The van der Waals surface area contributed by atoms with Gasteiger partial charge in [0.2, 0.25) is 0 Å². The first-order chi connectivity index (χ1) is 49.3. The topological polar surface area (TPSA) is 554 Å². The molecule has 18 rings (SSSR count). The molecule has 0 unspecified atom stereocenters. The summed E-state index contributed by atoms with van der Waals surface area (Å²) in [6.45, 7) is 0. The number of aromatic nitrogens is 16. The molecule has 0 spiro atoms. The molecule has 0 amide bonds. The van der Waals surface area contributed by atoms with E-state index in [0.29, 0.717) is 78.2 Å². The molecule has 14 aromatic rings. The van der Waals surface area contributed by atoms with Crippen LogP contribution in [0.1, 0.15) is 0 Å². The number of hydrogen-bond donors (Lipinski definition) is 0. The Balaban J connectivity index is 0.000000222. The zero-order chi connectivity index (χ0) is 72.6. The molecule has 6 aromatic heterocycles. The molecule has 543 valence electrons. The zero-order valence-corrected chi connectivity index (χ0v) is 71.6. The summed E-state index contributed by atoms with van der Waals surface area (Å²) in [5.74, 6) is 0.0492. The van der Waals surface area contributed by atoms with Crippen LogP contribution in [0.25, 0.3) is 179 Å². The fraction of sp³-hybridized carbons (Fsp3) is 0. The van der Waals surface area contributed by atoms with Crippen LogP contribution in [0.15, 0.2) is 187 Å². The maximum Gasteiger partial charge on any atom is 2.00 e. The number of rotatable bonds is 6. The summed E-state index contributed by atoms with van der Waals surface area (Å²) in [5, 5.41) is -0.454. The van der Waals surface area contributed by atoms with Crippen molar-refractivity contribution in [1.82, 2.24) is 79.7 Å². The van der Waals surface area contributed by atoms with E-state index in [2.05, 4.69) is 49.8 Å². The van der Waals surface area contributed by atoms with Crippen LogP contribution in [0.5, 0.6) is 0 Å². The van der Waals surface area contributed by atoms with Crippen LogP contribution in [-0.2, 0) is 112 Å². The van der Waals surface area contributed by atoms with Gasteiger partial charge in [-0.2, -0.15) is 0 Å². The first-order valence-electron chi connectivity index (χ1n) is 29.5. The van der Waals surface area contributed by atoms with Gasteiger partial charge in [0.05, 0.1) is 76.0 Å². The van der Waals surface area contributed by atoms with Crippen molar-refractivity contribution in [2.45, 2.75) is 29.4 Å². The summed E-state index contributed by atoms with van der Waals surface area (Å²) in [6.07, 6.45) is 0. The molecule has 47 heteroatoms. The van der Waals surface area contributed by atoms with Crippen molar-refractivity contribution in [3.8, 4) is 91.1 Å². The molecule has 8 aromatic carbocycles. The molecule has 4 aliphatic heterocycles. The SMILES string of the molecule is O=S(=O)([O-])c1cc2c3nc4nc(nc5[n-]c(nc6nc(nc([n-]3)c2c(S(=O)(=O)[O-])c1S(=O)(=O)[O-])-c1ccccc1-6)c1ccccc51)-c1ccccc1-4.O=S(=O)([O-])c1cc2c3nc4nc(nc5[n-]c(nc6nc(nc([n-]3)c2c(S(=O)(=O)[O-])c1S(=O)(=O)[O-])-c1ccccc1-6)c1ccccc51)-c1ccccc1-4.[Cu+2].[Cu+2].[Cu+2].[Na+].[Na+].[Na+].[Na+]. The Morgan fingerprint density at radius 3 is 0.577 bits per heavy atom. The first kappa shape index (κ1) is 86.9. The van der Waals surface area contributed by atoms with E-state index in [9.17, 15) is 77.8 Å². The third-order valence-electron chi connectivity index (χ3n) is 16.7. The van der Waals surface area contributed by atoms with E-state index in [-0.39, 0.29) is 239 Å². The second-order valence-corrected chi connectivity index (χ2v) is 30.8. The predicted molar refractivity (Wildman–Crippen MR) is 356 cm³/mol. The maximum atomic E-state index is 12.8. The quantitative estimate of drug-likeness (QED) is 0.110. The summed E-state index contributed by atoms with van der Waals surface area (Å²) >= 11 is 0. The van der Waals surface area contributed by atoms with Gasteiger partial charge in [0.25, 0.3) is 0 Å². The van der Waals surface area contributed by atoms with Gasteiger partial charge in [0.1, 0.15) is 60.7 Å². The van der Waals surface area contributed by atoms with Gasteiger partial charge in [0, 0.05) is 100 Å². The predicted octanol–water partition coefficient (Wildman–Crippen LogP) is -6.31. The Hall–Kier alpha value is -6.50. The molecular weight excluding hydrogens is 1760 g/mol. The zero-order valence-electron chi connectivity index (χ0n) is 55.9. The van der Waals surface area contributed by atoms with Crippen LogP contribution in [-0.4, -0.2) is 138 Å². The molecule has 111 heavy (non-hydrogen) atoms. The van der Waals surface area contributed by atoms with Gasteiger partial charge in [0.15, 0.2) is 0 Å². The molecular formula is C64H26Cu3N16Na4O18S6. The van der Waals surface area contributed by atoms with Gasteiger partial charge in [-0.1, -0.05) is 146 Å². The molecule has 0 fully saturated rings. The standard InChI is InChI=1S/2C32H16N8O9S3.3Cu.4Na/c2*41-50(42,43)21-13-20-22(24(52(47,48)49)23(21)51(44,45)46)32-39-30-19-12-6-5-11-18(19)28(37-30)35-26-15-8-2-1-7-14(15)25(33-26)34-27-16-9-3-4-10-17(16)29(36-27)38-31(20)40-32;;;;;;;/h2*1-13H,(H3-2,33,34,35,36,37,38,39,40,41,42,43,44,45,46,47,48,49);;;;;;;/q2*-2;3*+2;4*+1/p-6. The summed E-state index contributed by atoms with van der Waals surface area (Å²) in [5.41, 5.74) is 1.90. The minimum Gasteiger partial charge on any atom is -0.744 e. The van der Waals surface area contributed by atoms with Gasteiger partial charge in [-0.05, 0) is 44.5 Å². The third kappa shape index (κ3) is 15.4. The maximum absolute atomic E-state index is 12.8. The molecule has 0 saturated heterocycles. The van der Waals surface area contributed by atoms with Crippen molar-refractivity contribution >= 4 is 149 Å². The van der Waals surface area contributed by atoms with E-state index < -0.39 is 134 Å². The molecule has 0 aliphatic carbocycles. The van der Waals surface area contributed by atoms with E-state index in [1.165, 1.54) is 0 Å². The average Bonchev–Trinajstić information content (AvgIpc) is 1.67. The molecule has 4 aliphatic rings. The Labute approximate surface area is 744 Å². The minimum atomic E-state index is -6.13. The van der Waals surface area contributed by atoms with Gasteiger partial charge in [-0.3, -0.25) is 0 Å². The Morgan fingerprint density at radius 1 is 0.216 bits per heavy atom. The second-order valence-electron chi connectivity index (χ2n) is 22.9. The van der Waals surface area contributed by atoms with Gasteiger partial charge >= 0.3 is 169 Å². The fourth-order valence-electron chi connectivity index (χ4n) is 12.5. The smallest absolute Gasteiger partial charge is 0.744 e.